The van der Waals surface area contributed by atoms with Crippen LogP contribution >= 0.6 is 0 Å². The normalized spacial score (nSPS) is 10.6. The molecule has 0 atom stereocenters. The number of carbonyl (C=O) groups excluding carboxylic acids is 1. The first-order chi connectivity index (χ1) is 8.99. The Morgan fingerprint density at radius 2 is 1.68 bits per heavy atom. The van der Waals surface area contributed by atoms with Crippen molar-refractivity contribution < 1.29 is 18.0 Å². The summed E-state index contributed by atoms with van der Waals surface area (Å²) in [5.41, 5.74) is -0.00810. The van der Waals surface area contributed by atoms with Crippen LogP contribution in [0, 0.1) is 17.5 Å². The zero-order valence-corrected chi connectivity index (χ0v) is 11.0. The Morgan fingerprint density at radius 1 is 1.11 bits per heavy atom. The van der Waals surface area contributed by atoms with Crippen molar-refractivity contribution in [2.75, 3.05) is 19.6 Å². The van der Waals surface area contributed by atoms with Crippen molar-refractivity contribution in [1.82, 2.24) is 10.2 Å². The molecule has 6 heteroatoms. The van der Waals surface area contributed by atoms with Gasteiger partial charge in [0, 0.05) is 31.3 Å². The largest absolute Gasteiger partial charge is 0.342 e. The molecule has 1 aromatic carbocycles. The lowest BCUT2D eigenvalue weighted by Gasteiger charge is -2.18. The van der Waals surface area contributed by atoms with Crippen LogP contribution < -0.4 is 5.32 Å². The highest BCUT2D eigenvalue weighted by Crippen LogP contribution is 2.13. The van der Waals surface area contributed by atoms with Crippen molar-refractivity contribution in [1.29, 1.82) is 0 Å². The molecule has 0 aromatic heterocycles. The minimum absolute atomic E-state index is 0.00810. The van der Waals surface area contributed by atoms with Gasteiger partial charge in [-0.15, -0.1) is 0 Å². The van der Waals surface area contributed by atoms with Crippen molar-refractivity contribution in [2.24, 2.45) is 0 Å². The molecule has 0 spiro atoms. The fraction of sp³-hybridized carbons (Fsp3) is 0.462. The third-order valence-corrected chi connectivity index (χ3v) is 2.80. The highest BCUT2D eigenvalue weighted by atomic mass is 19.2. The number of amides is 1. The van der Waals surface area contributed by atoms with Crippen molar-refractivity contribution >= 4 is 5.91 Å². The maximum Gasteiger partial charge on any atom is 0.236 e. The van der Waals surface area contributed by atoms with Crippen molar-refractivity contribution in [3.8, 4) is 0 Å². The van der Waals surface area contributed by atoms with Gasteiger partial charge < -0.3 is 10.2 Å². The van der Waals surface area contributed by atoms with E-state index >= 15 is 0 Å². The first-order valence-electron chi connectivity index (χ1n) is 6.11. The molecule has 0 unspecified atom stereocenters. The number of hydrogen-bond acceptors (Lipinski definition) is 2. The Hall–Kier alpha value is -1.56. The van der Waals surface area contributed by atoms with Gasteiger partial charge in [0.2, 0.25) is 5.91 Å². The Kier molecular flexibility index (Phi) is 5.82. The fourth-order valence-electron chi connectivity index (χ4n) is 1.69. The smallest absolute Gasteiger partial charge is 0.236 e. The molecule has 0 radical (unpaired) electrons. The van der Waals surface area contributed by atoms with Gasteiger partial charge >= 0.3 is 0 Å². The van der Waals surface area contributed by atoms with Gasteiger partial charge in [0.15, 0.2) is 11.6 Å². The minimum atomic E-state index is -1.22. The second-order valence-electron chi connectivity index (χ2n) is 4.03. The van der Waals surface area contributed by atoms with Crippen LogP contribution in [0.5, 0.6) is 0 Å². The number of rotatable bonds is 6. The average molecular weight is 274 g/mol. The SMILES string of the molecule is CCN(CC)C(=O)CNCc1cc(F)c(F)cc1F. The van der Waals surface area contributed by atoms with Crippen LogP contribution in [0.15, 0.2) is 12.1 Å². The van der Waals surface area contributed by atoms with E-state index in [1.165, 1.54) is 0 Å². The van der Waals surface area contributed by atoms with Gasteiger partial charge in [-0.25, -0.2) is 13.2 Å². The highest BCUT2D eigenvalue weighted by Gasteiger charge is 2.11. The summed E-state index contributed by atoms with van der Waals surface area (Å²) in [7, 11) is 0. The molecule has 106 valence electrons. The molecule has 0 aliphatic carbocycles. The first kappa shape index (κ1) is 15.5. The summed E-state index contributed by atoms with van der Waals surface area (Å²) in [6.45, 7) is 4.90. The number of likely N-dealkylation sites (N-methyl/N-ethyl adjacent to an activating group) is 1. The number of nitrogens with one attached hydrogen (secondary N) is 1. The second kappa shape index (κ2) is 7.13. The first-order valence-corrected chi connectivity index (χ1v) is 6.11. The maximum absolute atomic E-state index is 13.3. The van der Waals surface area contributed by atoms with E-state index in [2.05, 4.69) is 5.32 Å². The van der Waals surface area contributed by atoms with Gasteiger partial charge in [-0.05, 0) is 19.9 Å². The van der Waals surface area contributed by atoms with E-state index in [-0.39, 0.29) is 24.6 Å². The predicted molar refractivity (Wildman–Crippen MR) is 66.0 cm³/mol. The van der Waals surface area contributed by atoms with Crippen molar-refractivity contribution in [2.45, 2.75) is 20.4 Å². The number of benzene rings is 1. The summed E-state index contributed by atoms with van der Waals surface area (Å²) in [6.07, 6.45) is 0. The van der Waals surface area contributed by atoms with E-state index in [1.807, 2.05) is 13.8 Å². The van der Waals surface area contributed by atoms with Gasteiger partial charge in [-0.1, -0.05) is 0 Å². The summed E-state index contributed by atoms with van der Waals surface area (Å²) in [5.74, 6) is -3.27. The van der Waals surface area contributed by atoms with Crippen LogP contribution in [0.2, 0.25) is 0 Å². The third kappa shape index (κ3) is 4.24. The minimum Gasteiger partial charge on any atom is -0.342 e. The lowest BCUT2D eigenvalue weighted by atomic mass is 10.2. The zero-order chi connectivity index (χ0) is 14.4. The molecule has 0 bridgehead atoms. The molecule has 1 N–H and O–H groups in total. The van der Waals surface area contributed by atoms with Crippen LogP contribution in [-0.2, 0) is 11.3 Å². The number of halogens is 3. The van der Waals surface area contributed by atoms with E-state index in [0.29, 0.717) is 19.2 Å². The van der Waals surface area contributed by atoms with Crippen LogP contribution in [0.1, 0.15) is 19.4 Å². The summed E-state index contributed by atoms with van der Waals surface area (Å²) in [5, 5.41) is 2.72. The molecule has 3 nitrogen and oxygen atoms in total. The summed E-state index contributed by atoms with van der Waals surface area (Å²) in [6, 6.07) is 1.29. The van der Waals surface area contributed by atoms with Gasteiger partial charge in [0.1, 0.15) is 5.82 Å². The van der Waals surface area contributed by atoms with Gasteiger partial charge in [0.05, 0.1) is 6.54 Å². The maximum atomic E-state index is 13.3. The van der Waals surface area contributed by atoms with Crippen LogP contribution in [0.25, 0.3) is 0 Å². The van der Waals surface area contributed by atoms with Crippen molar-refractivity contribution in [3.63, 3.8) is 0 Å². The van der Waals surface area contributed by atoms with Gasteiger partial charge in [0.25, 0.3) is 0 Å². The molecule has 1 amide bonds. The van der Waals surface area contributed by atoms with E-state index in [1.54, 1.807) is 4.90 Å². The monoisotopic (exact) mass is 274 g/mol. The lowest BCUT2D eigenvalue weighted by molar-refractivity contribution is -0.129. The Bertz CT molecular complexity index is 448. The van der Waals surface area contributed by atoms with E-state index in [0.717, 1.165) is 6.07 Å². The molecule has 19 heavy (non-hydrogen) atoms. The molecule has 1 rings (SSSR count). The summed E-state index contributed by atoms with van der Waals surface area (Å²) in [4.78, 5) is 13.3. The Morgan fingerprint density at radius 3 is 2.26 bits per heavy atom. The lowest BCUT2D eigenvalue weighted by Crippen LogP contribution is -2.37. The zero-order valence-electron chi connectivity index (χ0n) is 11.0. The topological polar surface area (TPSA) is 32.3 Å². The van der Waals surface area contributed by atoms with Gasteiger partial charge in [-0.2, -0.15) is 0 Å². The molecule has 0 fully saturated rings. The van der Waals surface area contributed by atoms with Crippen LogP contribution in [0.3, 0.4) is 0 Å². The quantitative estimate of drug-likeness (QED) is 0.805. The number of hydrogen-bond donors (Lipinski definition) is 1. The van der Waals surface area contributed by atoms with E-state index in [9.17, 15) is 18.0 Å². The molecule has 0 aliphatic heterocycles. The molecule has 0 saturated carbocycles. The Balaban J connectivity index is 2.54. The second-order valence-corrected chi connectivity index (χ2v) is 4.03. The summed E-state index contributed by atoms with van der Waals surface area (Å²) < 4.78 is 39.0. The Labute approximate surface area is 110 Å². The molecular formula is C13H17F3N2O. The molecule has 0 aliphatic rings. The average Bonchev–Trinajstić information content (AvgIpc) is 2.37. The van der Waals surface area contributed by atoms with Crippen LogP contribution in [0.4, 0.5) is 13.2 Å². The van der Waals surface area contributed by atoms with E-state index in [4.69, 9.17) is 0 Å². The molecule has 1 aromatic rings. The predicted octanol–water partition coefficient (Wildman–Crippen LogP) is 2.06. The van der Waals surface area contributed by atoms with Crippen molar-refractivity contribution in [3.05, 3.63) is 35.1 Å². The standard InChI is InChI=1S/C13H17F3N2O/c1-3-18(4-2)13(19)8-17-7-9-5-11(15)12(16)6-10(9)14/h5-6,17H,3-4,7-8H2,1-2H3. The fourth-order valence-corrected chi connectivity index (χ4v) is 1.69. The van der Waals surface area contributed by atoms with E-state index < -0.39 is 17.5 Å². The molecule has 0 saturated heterocycles. The third-order valence-electron chi connectivity index (χ3n) is 2.80. The number of carbonyl (C=O) groups is 1. The summed E-state index contributed by atoms with van der Waals surface area (Å²) >= 11 is 0. The molecular weight excluding hydrogens is 257 g/mol. The number of nitrogens with zero attached hydrogens (tertiary/aromatic N) is 1. The van der Waals surface area contributed by atoms with Gasteiger partial charge in [-0.3, -0.25) is 4.79 Å². The van der Waals surface area contributed by atoms with Crippen LogP contribution in [-0.4, -0.2) is 30.4 Å². The molecule has 0 heterocycles. The highest BCUT2D eigenvalue weighted by molar-refractivity contribution is 5.78.